The van der Waals surface area contributed by atoms with Crippen molar-refractivity contribution in [3.63, 3.8) is 0 Å². The fourth-order valence-electron chi connectivity index (χ4n) is 4.13. The molecule has 0 aliphatic carbocycles. The van der Waals surface area contributed by atoms with Crippen molar-refractivity contribution in [2.75, 3.05) is 13.1 Å². The second-order valence-corrected chi connectivity index (χ2v) is 8.82. The lowest BCUT2D eigenvalue weighted by molar-refractivity contribution is -0.135. The van der Waals surface area contributed by atoms with Gasteiger partial charge in [-0.3, -0.25) is 9.59 Å². The number of likely N-dealkylation sites (tertiary alicyclic amines) is 1. The number of imidazole rings is 1. The predicted octanol–water partition coefficient (Wildman–Crippen LogP) is 3.86. The van der Waals surface area contributed by atoms with Gasteiger partial charge in [-0.2, -0.15) is 0 Å². The van der Waals surface area contributed by atoms with Crippen LogP contribution in [0.2, 0.25) is 0 Å². The maximum absolute atomic E-state index is 13.0. The molecular weight excluding hydrogens is 396 g/mol. The van der Waals surface area contributed by atoms with E-state index in [0.29, 0.717) is 25.6 Å². The van der Waals surface area contributed by atoms with Gasteiger partial charge in [-0.15, -0.1) is 11.3 Å². The summed E-state index contributed by atoms with van der Waals surface area (Å²) in [4.78, 5) is 32.7. The van der Waals surface area contributed by atoms with E-state index >= 15 is 0 Å². The van der Waals surface area contributed by atoms with Gasteiger partial charge in [0.25, 0.3) is 5.91 Å². The zero-order valence-corrected chi connectivity index (χ0v) is 18.2. The van der Waals surface area contributed by atoms with E-state index in [2.05, 4.69) is 16.8 Å². The molecule has 0 saturated carbocycles. The number of hydrogen-bond acceptors (Lipinski definition) is 4. The average Bonchev–Trinajstić information content (AvgIpc) is 3.40. The normalized spacial score (nSPS) is 16.7. The van der Waals surface area contributed by atoms with Crippen molar-refractivity contribution in [1.82, 2.24) is 19.8 Å². The number of piperidine rings is 1. The maximum atomic E-state index is 13.0. The summed E-state index contributed by atoms with van der Waals surface area (Å²) >= 11 is 1.44. The largest absolute Gasteiger partial charge is 0.351 e. The summed E-state index contributed by atoms with van der Waals surface area (Å²) in [6, 6.07) is 12.0. The first kappa shape index (κ1) is 20.6. The zero-order chi connectivity index (χ0) is 20.9. The molecule has 3 heterocycles. The molecule has 1 aromatic carbocycles. The van der Waals surface area contributed by atoms with Crippen molar-refractivity contribution < 1.29 is 9.59 Å². The molecule has 1 saturated heterocycles. The molecule has 1 atom stereocenters. The molecule has 1 N–H and O–H groups in total. The summed E-state index contributed by atoms with van der Waals surface area (Å²) in [6.07, 6.45) is 4.84. The molecule has 6 nitrogen and oxygen atoms in total. The number of carbonyl (C=O) groups excluding carboxylic acids is 2. The van der Waals surface area contributed by atoms with Gasteiger partial charge in [0, 0.05) is 25.6 Å². The topological polar surface area (TPSA) is 67.2 Å². The quantitative estimate of drug-likeness (QED) is 0.586. The summed E-state index contributed by atoms with van der Waals surface area (Å²) < 4.78 is 2.06. The molecule has 1 fully saturated rings. The summed E-state index contributed by atoms with van der Waals surface area (Å²) in [7, 11) is 0. The second-order valence-electron chi connectivity index (χ2n) is 7.87. The number of aromatic nitrogens is 2. The summed E-state index contributed by atoms with van der Waals surface area (Å²) in [6.45, 7) is 3.88. The molecule has 3 aromatic rings. The van der Waals surface area contributed by atoms with E-state index < -0.39 is 0 Å². The highest BCUT2D eigenvalue weighted by Gasteiger charge is 2.24. The Kier molecular flexibility index (Phi) is 6.47. The van der Waals surface area contributed by atoms with Crippen LogP contribution in [0.15, 0.2) is 41.8 Å². The minimum Gasteiger partial charge on any atom is -0.351 e. The number of amides is 2. The lowest BCUT2D eigenvalue weighted by Crippen LogP contribution is -2.43. The third-order valence-electron chi connectivity index (χ3n) is 5.76. The number of carbonyl (C=O) groups is 2. The number of rotatable bonds is 7. The van der Waals surface area contributed by atoms with Gasteiger partial charge in [0.2, 0.25) is 5.91 Å². The van der Waals surface area contributed by atoms with Crippen molar-refractivity contribution in [2.24, 2.45) is 0 Å². The Bertz CT molecular complexity index is 1010. The van der Waals surface area contributed by atoms with Crippen molar-refractivity contribution >= 4 is 34.2 Å². The average molecular weight is 425 g/mol. The number of thiophene rings is 1. The van der Waals surface area contributed by atoms with Crippen LogP contribution in [0, 0.1) is 0 Å². The molecule has 1 unspecified atom stereocenters. The number of hydrogen-bond donors (Lipinski definition) is 1. The Labute approximate surface area is 180 Å². The summed E-state index contributed by atoms with van der Waals surface area (Å²) in [5.74, 6) is 1.03. The third kappa shape index (κ3) is 4.56. The van der Waals surface area contributed by atoms with E-state index in [-0.39, 0.29) is 11.8 Å². The molecule has 7 heteroatoms. The zero-order valence-electron chi connectivity index (χ0n) is 17.3. The Morgan fingerprint density at radius 3 is 2.87 bits per heavy atom. The number of nitrogens with zero attached hydrogens (tertiary/aromatic N) is 3. The first-order chi connectivity index (χ1) is 14.6. The Balaban J connectivity index is 1.43. The first-order valence-corrected chi connectivity index (χ1v) is 11.6. The Hall–Kier alpha value is -2.67. The molecule has 158 valence electrons. The lowest BCUT2D eigenvalue weighted by atomic mass is 10.0. The van der Waals surface area contributed by atoms with E-state index in [0.717, 1.165) is 47.5 Å². The summed E-state index contributed by atoms with van der Waals surface area (Å²) in [5.41, 5.74) is 1.91. The minimum atomic E-state index is -0.0345. The van der Waals surface area contributed by atoms with Crippen LogP contribution in [0.25, 0.3) is 11.0 Å². The van der Waals surface area contributed by atoms with Gasteiger partial charge in [0.05, 0.1) is 15.9 Å². The van der Waals surface area contributed by atoms with Gasteiger partial charge >= 0.3 is 0 Å². The van der Waals surface area contributed by atoms with Gasteiger partial charge < -0.3 is 14.8 Å². The third-order valence-corrected chi connectivity index (χ3v) is 6.63. The van der Waals surface area contributed by atoms with Crippen molar-refractivity contribution in [1.29, 1.82) is 0 Å². The number of nitrogens with one attached hydrogen (secondary N) is 1. The van der Waals surface area contributed by atoms with Gasteiger partial charge in [0.15, 0.2) is 0 Å². The SMILES string of the molecule is CC1CCCCN1C(=O)Cn1c(CCCNC(=O)c2cccs2)nc2ccccc21. The van der Waals surface area contributed by atoms with Crippen LogP contribution in [0.1, 0.15) is 48.1 Å². The molecule has 2 aromatic heterocycles. The van der Waals surface area contributed by atoms with Crippen LogP contribution in [-0.2, 0) is 17.8 Å². The molecule has 2 amide bonds. The molecule has 4 rings (SSSR count). The molecule has 1 aliphatic heterocycles. The highest BCUT2D eigenvalue weighted by atomic mass is 32.1. The van der Waals surface area contributed by atoms with Gasteiger partial charge in [0.1, 0.15) is 12.4 Å². The number of benzene rings is 1. The van der Waals surface area contributed by atoms with E-state index in [1.54, 1.807) is 0 Å². The second kappa shape index (κ2) is 9.43. The fraction of sp³-hybridized carbons (Fsp3) is 0.435. The van der Waals surface area contributed by atoms with Crippen molar-refractivity contribution in [2.45, 2.75) is 51.6 Å². The summed E-state index contributed by atoms with van der Waals surface area (Å²) in [5, 5.41) is 4.87. The maximum Gasteiger partial charge on any atom is 0.261 e. The van der Waals surface area contributed by atoms with Crippen molar-refractivity contribution in [3.8, 4) is 0 Å². The molecule has 0 spiro atoms. The molecular formula is C23H28N4O2S. The van der Waals surface area contributed by atoms with Gasteiger partial charge in [-0.05, 0) is 56.2 Å². The monoisotopic (exact) mass is 424 g/mol. The van der Waals surface area contributed by atoms with E-state index in [1.807, 2.05) is 46.7 Å². The highest BCUT2D eigenvalue weighted by molar-refractivity contribution is 7.12. The Morgan fingerprint density at radius 2 is 2.07 bits per heavy atom. The molecule has 0 bridgehead atoms. The van der Waals surface area contributed by atoms with Crippen LogP contribution in [0.5, 0.6) is 0 Å². The molecule has 30 heavy (non-hydrogen) atoms. The number of aryl methyl sites for hydroxylation is 1. The first-order valence-electron chi connectivity index (χ1n) is 10.7. The fourth-order valence-corrected chi connectivity index (χ4v) is 4.77. The standard InChI is InChI=1S/C23H28N4O2S/c1-17-8-4-5-14-26(17)22(28)16-27-19-10-3-2-9-18(19)25-21(27)12-6-13-24-23(29)20-11-7-15-30-20/h2-3,7,9-11,15,17H,4-6,8,12-14,16H2,1H3,(H,24,29). The van der Waals surface area contributed by atoms with E-state index in [1.165, 1.54) is 17.8 Å². The van der Waals surface area contributed by atoms with Crippen molar-refractivity contribution in [3.05, 3.63) is 52.5 Å². The molecule has 1 aliphatic rings. The van der Waals surface area contributed by atoms with Crippen LogP contribution < -0.4 is 5.32 Å². The number of fused-ring (bicyclic) bond motifs is 1. The smallest absolute Gasteiger partial charge is 0.261 e. The van der Waals surface area contributed by atoms with Crippen LogP contribution in [0.4, 0.5) is 0 Å². The predicted molar refractivity (Wildman–Crippen MR) is 120 cm³/mol. The van der Waals surface area contributed by atoms with Crippen LogP contribution in [0.3, 0.4) is 0 Å². The Morgan fingerprint density at radius 1 is 1.20 bits per heavy atom. The lowest BCUT2D eigenvalue weighted by Gasteiger charge is -2.33. The van der Waals surface area contributed by atoms with Gasteiger partial charge in [-0.25, -0.2) is 4.98 Å². The van der Waals surface area contributed by atoms with E-state index in [4.69, 9.17) is 4.98 Å². The molecule has 0 radical (unpaired) electrons. The van der Waals surface area contributed by atoms with Crippen LogP contribution in [-0.4, -0.2) is 45.4 Å². The minimum absolute atomic E-state index is 0.0345. The van der Waals surface area contributed by atoms with Crippen LogP contribution >= 0.6 is 11.3 Å². The van der Waals surface area contributed by atoms with E-state index in [9.17, 15) is 9.59 Å². The number of para-hydroxylation sites is 2. The highest BCUT2D eigenvalue weighted by Crippen LogP contribution is 2.20. The van der Waals surface area contributed by atoms with Gasteiger partial charge in [-0.1, -0.05) is 18.2 Å².